The topological polar surface area (TPSA) is 145 Å². The van der Waals surface area contributed by atoms with Crippen molar-refractivity contribution in [1.82, 2.24) is 20.3 Å². The van der Waals surface area contributed by atoms with E-state index in [-0.39, 0.29) is 36.0 Å². The van der Waals surface area contributed by atoms with E-state index in [0.29, 0.717) is 0 Å². The van der Waals surface area contributed by atoms with Crippen LogP contribution >= 0.6 is 0 Å². The quantitative estimate of drug-likeness (QED) is 0.476. The number of benzene rings is 1. The molecule has 0 aliphatic rings. The Morgan fingerprint density at radius 1 is 1.10 bits per heavy atom. The van der Waals surface area contributed by atoms with Crippen LogP contribution in [0, 0.1) is 5.92 Å². The van der Waals surface area contributed by atoms with E-state index in [2.05, 4.69) is 25.6 Å². The molecule has 10 heteroatoms. The average Bonchev–Trinajstić information content (AvgIpc) is 3.25. The third-order valence-corrected chi connectivity index (χ3v) is 4.02. The Morgan fingerprint density at radius 3 is 2.53 bits per heavy atom. The molecule has 0 saturated heterocycles. The fourth-order valence-electron chi connectivity index (χ4n) is 2.55. The fraction of sp³-hybridized carbons (Fsp3) is 0.250. The summed E-state index contributed by atoms with van der Waals surface area (Å²) >= 11 is 0. The number of para-hydroxylation sites is 1. The SMILES string of the molecule is CC(C)[C@H](NC(=O)c1ccco1)C(=O)OCc1nc(N)nc(Nc2ccccc2)n1. The van der Waals surface area contributed by atoms with Gasteiger partial charge >= 0.3 is 5.97 Å². The summed E-state index contributed by atoms with van der Waals surface area (Å²) in [5, 5.41) is 5.62. The zero-order chi connectivity index (χ0) is 21.5. The Morgan fingerprint density at radius 2 is 1.87 bits per heavy atom. The first-order chi connectivity index (χ1) is 14.4. The number of nitrogens with one attached hydrogen (secondary N) is 2. The highest BCUT2D eigenvalue weighted by atomic mass is 16.5. The molecule has 0 bridgehead atoms. The minimum absolute atomic E-state index is 0.0130. The molecule has 0 unspecified atom stereocenters. The number of furan rings is 1. The number of aromatic nitrogens is 3. The third-order valence-electron chi connectivity index (χ3n) is 4.02. The van der Waals surface area contributed by atoms with E-state index in [4.69, 9.17) is 14.9 Å². The minimum atomic E-state index is -0.872. The maximum absolute atomic E-state index is 12.5. The second kappa shape index (κ2) is 9.50. The molecule has 4 N–H and O–H groups in total. The van der Waals surface area contributed by atoms with E-state index in [9.17, 15) is 9.59 Å². The van der Waals surface area contributed by atoms with Crippen molar-refractivity contribution in [1.29, 1.82) is 0 Å². The van der Waals surface area contributed by atoms with Gasteiger partial charge in [0.15, 0.2) is 18.2 Å². The molecule has 10 nitrogen and oxygen atoms in total. The van der Waals surface area contributed by atoms with Gasteiger partial charge in [0.25, 0.3) is 5.91 Å². The first kappa shape index (κ1) is 20.8. The van der Waals surface area contributed by atoms with Crippen LogP contribution in [0.3, 0.4) is 0 Å². The van der Waals surface area contributed by atoms with Crippen LogP contribution in [-0.2, 0) is 16.1 Å². The highest BCUT2D eigenvalue weighted by Crippen LogP contribution is 2.14. The van der Waals surface area contributed by atoms with Crippen molar-refractivity contribution < 1.29 is 18.7 Å². The molecule has 2 aromatic heterocycles. The standard InChI is InChI=1S/C20H22N6O4/c1-12(2)16(25-17(27)14-9-6-10-29-14)18(28)30-11-15-23-19(21)26-20(24-15)22-13-7-4-3-5-8-13/h3-10,12,16H,11H2,1-2H3,(H,25,27)(H3,21,22,23,24,26)/t16-/m0/s1. The van der Waals surface area contributed by atoms with Crippen LogP contribution in [0.25, 0.3) is 0 Å². The van der Waals surface area contributed by atoms with Gasteiger partial charge in [-0.15, -0.1) is 0 Å². The first-order valence-electron chi connectivity index (χ1n) is 9.26. The predicted molar refractivity (Wildman–Crippen MR) is 109 cm³/mol. The van der Waals surface area contributed by atoms with E-state index in [1.54, 1.807) is 19.9 Å². The Labute approximate surface area is 172 Å². The van der Waals surface area contributed by atoms with Crippen molar-refractivity contribution in [3.63, 3.8) is 0 Å². The van der Waals surface area contributed by atoms with Gasteiger partial charge in [-0.05, 0) is 30.2 Å². The summed E-state index contributed by atoms with van der Waals surface area (Å²) in [4.78, 5) is 37.0. The zero-order valence-corrected chi connectivity index (χ0v) is 16.5. The molecule has 1 atom stereocenters. The van der Waals surface area contributed by atoms with Crippen LogP contribution in [0.2, 0.25) is 0 Å². The highest BCUT2D eigenvalue weighted by Gasteiger charge is 2.27. The van der Waals surface area contributed by atoms with E-state index in [1.165, 1.54) is 12.3 Å². The summed E-state index contributed by atoms with van der Waals surface area (Å²) in [6, 6.07) is 11.5. The van der Waals surface area contributed by atoms with Crippen molar-refractivity contribution >= 4 is 29.5 Å². The predicted octanol–water partition coefficient (Wildman–Crippen LogP) is 2.29. The van der Waals surface area contributed by atoms with E-state index in [1.807, 2.05) is 30.3 Å². The lowest BCUT2D eigenvalue weighted by atomic mass is 10.0. The highest BCUT2D eigenvalue weighted by molar-refractivity contribution is 5.94. The molecular formula is C20H22N6O4. The van der Waals surface area contributed by atoms with Gasteiger partial charge in [0.1, 0.15) is 6.04 Å². The van der Waals surface area contributed by atoms with Crippen LogP contribution < -0.4 is 16.4 Å². The molecule has 2 heterocycles. The number of hydrogen-bond donors (Lipinski definition) is 3. The van der Waals surface area contributed by atoms with Crippen LogP contribution in [0.4, 0.5) is 17.6 Å². The summed E-state index contributed by atoms with van der Waals surface area (Å²) in [6.07, 6.45) is 1.38. The largest absolute Gasteiger partial charge is 0.459 e. The number of nitrogens with zero attached hydrogens (tertiary/aromatic N) is 3. The number of carbonyl (C=O) groups is 2. The summed E-state index contributed by atoms with van der Waals surface area (Å²) in [7, 11) is 0. The van der Waals surface area contributed by atoms with E-state index < -0.39 is 17.9 Å². The Hall–Kier alpha value is -3.95. The summed E-state index contributed by atoms with van der Waals surface area (Å²) in [5.41, 5.74) is 6.51. The summed E-state index contributed by atoms with van der Waals surface area (Å²) in [6.45, 7) is 3.35. The molecule has 1 amide bonds. The molecule has 0 radical (unpaired) electrons. The first-order valence-corrected chi connectivity index (χ1v) is 9.26. The molecule has 0 aliphatic carbocycles. The molecule has 0 spiro atoms. The summed E-state index contributed by atoms with van der Waals surface area (Å²) < 4.78 is 10.4. The Balaban J connectivity index is 1.64. The Bertz CT molecular complexity index is 992. The smallest absolute Gasteiger partial charge is 0.329 e. The van der Waals surface area contributed by atoms with Gasteiger partial charge < -0.3 is 25.5 Å². The summed E-state index contributed by atoms with van der Waals surface area (Å²) in [5.74, 6) is -0.845. The number of amides is 1. The molecule has 156 valence electrons. The minimum Gasteiger partial charge on any atom is -0.459 e. The normalized spacial score (nSPS) is 11.7. The number of rotatable bonds is 8. The molecule has 30 heavy (non-hydrogen) atoms. The van der Waals surface area contributed by atoms with E-state index >= 15 is 0 Å². The lowest BCUT2D eigenvalue weighted by Crippen LogP contribution is -2.45. The van der Waals surface area contributed by atoms with Crippen molar-refractivity contribution in [2.75, 3.05) is 11.1 Å². The number of hydrogen-bond acceptors (Lipinski definition) is 9. The van der Waals surface area contributed by atoms with Gasteiger partial charge in [-0.1, -0.05) is 32.0 Å². The number of anilines is 3. The molecule has 1 aromatic carbocycles. The second-order valence-electron chi connectivity index (χ2n) is 6.70. The van der Waals surface area contributed by atoms with Gasteiger partial charge in [0, 0.05) is 5.69 Å². The number of nitrogens with two attached hydrogens (primary N) is 1. The van der Waals surface area contributed by atoms with Crippen molar-refractivity contribution in [3.8, 4) is 0 Å². The molecule has 3 aromatic rings. The van der Waals surface area contributed by atoms with Crippen LogP contribution in [0.15, 0.2) is 53.1 Å². The van der Waals surface area contributed by atoms with Gasteiger partial charge in [-0.3, -0.25) is 4.79 Å². The second-order valence-corrected chi connectivity index (χ2v) is 6.70. The molecule has 0 saturated carbocycles. The molecule has 0 aliphatic heterocycles. The lowest BCUT2D eigenvalue weighted by Gasteiger charge is -2.20. The van der Waals surface area contributed by atoms with Crippen LogP contribution in [0.1, 0.15) is 30.2 Å². The van der Waals surface area contributed by atoms with Crippen molar-refractivity contribution in [2.24, 2.45) is 5.92 Å². The lowest BCUT2D eigenvalue weighted by molar-refractivity contribution is -0.148. The maximum atomic E-state index is 12.5. The van der Waals surface area contributed by atoms with E-state index in [0.717, 1.165) is 5.69 Å². The van der Waals surface area contributed by atoms with Crippen molar-refractivity contribution in [3.05, 3.63) is 60.3 Å². The zero-order valence-electron chi connectivity index (χ0n) is 16.5. The fourth-order valence-corrected chi connectivity index (χ4v) is 2.55. The van der Waals surface area contributed by atoms with Crippen LogP contribution in [-0.4, -0.2) is 32.9 Å². The third kappa shape index (κ3) is 5.53. The Kier molecular flexibility index (Phi) is 6.58. The molecular weight excluding hydrogens is 388 g/mol. The van der Waals surface area contributed by atoms with Gasteiger partial charge in [-0.25, -0.2) is 4.79 Å². The number of esters is 1. The van der Waals surface area contributed by atoms with Gasteiger partial charge in [0.2, 0.25) is 11.9 Å². The van der Waals surface area contributed by atoms with Gasteiger partial charge in [0.05, 0.1) is 6.26 Å². The molecule has 0 fully saturated rings. The van der Waals surface area contributed by atoms with Crippen LogP contribution in [0.5, 0.6) is 0 Å². The maximum Gasteiger partial charge on any atom is 0.329 e. The number of carbonyl (C=O) groups excluding carboxylic acids is 2. The number of ether oxygens (including phenoxy) is 1. The van der Waals surface area contributed by atoms with Gasteiger partial charge in [-0.2, -0.15) is 15.0 Å². The monoisotopic (exact) mass is 410 g/mol. The van der Waals surface area contributed by atoms with Crippen molar-refractivity contribution in [2.45, 2.75) is 26.5 Å². The average molecular weight is 410 g/mol. The number of nitrogen functional groups attached to an aromatic ring is 1. The molecule has 3 rings (SSSR count).